The minimum absolute atomic E-state index is 0.00506. The Morgan fingerprint density at radius 2 is 1.93 bits per heavy atom. The number of halogens is 3. The minimum atomic E-state index is -4.56. The highest BCUT2D eigenvalue weighted by Gasteiger charge is 2.54. The molecule has 1 amide bonds. The molecule has 30 heavy (non-hydrogen) atoms. The Bertz CT molecular complexity index is 1130. The maximum atomic E-state index is 12.8. The van der Waals surface area contributed by atoms with E-state index in [4.69, 9.17) is 4.98 Å². The first-order valence-corrected chi connectivity index (χ1v) is 10.7. The lowest BCUT2D eigenvalue weighted by Crippen LogP contribution is -2.55. The van der Waals surface area contributed by atoms with Crippen LogP contribution >= 0.6 is 11.3 Å². The van der Waals surface area contributed by atoms with Crippen LogP contribution in [0.5, 0.6) is 0 Å². The summed E-state index contributed by atoms with van der Waals surface area (Å²) in [6.07, 6.45) is 0.331. The lowest BCUT2D eigenvalue weighted by atomic mass is 9.50. The molecule has 2 fully saturated rings. The number of hydrogen-bond donors (Lipinski definition) is 1. The second-order valence-electron chi connectivity index (χ2n) is 8.63. The molecule has 3 aromatic rings. The van der Waals surface area contributed by atoms with Gasteiger partial charge in [-0.15, -0.1) is 11.3 Å². The second kappa shape index (κ2) is 6.77. The van der Waals surface area contributed by atoms with Gasteiger partial charge in [0.05, 0.1) is 15.2 Å². The number of carbonyl (C=O) groups is 1. The van der Waals surface area contributed by atoms with Gasteiger partial charge in [-0.25, -0.2) is 4.98 Å². The van der Waals surface area contributed by atoms with Crippen LogP contribution < -0.4 is 5.32 Å². The molecule has 156 valence electrons. The van der Waals surface area contributed by atoms with Crippen LogP contribution in [0.25, 0.3) is 10.2 Å². The monoisotopic (exact) mass is 431 g/mol. The highest BCUT2D eigenvalue weighted by atomic mass is 32.1. The average Bonchev–Trinajstić information content (AvgIpc) is 3.04. The summed E-state index contributed by atoms with van der Waals surface area (Å²) in [5, 5.41) is 4.06. The van der Waals surface area contributed by atoms with E-state index in [2.05, 4.69) is 35.4 Å². The molecule has 0 atom stereocenters. The first-order chi connectivity index (χ1) is 14.2. The number of pyridine rings is 1. The van der Waals surface area contributed by atoms with Gasteiger partial charge >= 0.3 is 6.18 Å². The van der Waals surface area contributed by atoms with Crippen molar-refractivity contribution in [1.82, 2.24) is 15.3 Å². The van der Waals surface area contributed by atoms with Crippen LogP contribution in [0.4, 0.5) is 13.2 Å². The lowest BCUT2D eigenvalue weighted by Gasteiger charge is -2.57. The maximum absolute atomic E-state index is 12.8. The SMILES string of the molecule is Cc1ccc2sc(C3CC4(CC(NC(=O)c5ccnc(C(F)(F)F)c5)C4)C3)nc2c1. The highest BCUT2D eigenvalue weighted by molar-refractivity contribution is 7.18. The molecule has 0 aliphatic heterocycles. The number of rotatable bonds is 3. The Morgan fingerprint density at radius 1 is 1.17 bits per heavy atom. The summed E-state index contributed by atoms with van der Waals surface area (Å²) in [6.45, 7) is 2.06. The molecule has 1 N–H and O–H groups in total. The van der Waals surface area contributed by atoms with Crippen LogP contribution in [0.2, 0.25) is 0 Å². The molecule has 8 heteroatoms. The molecule has 0 radical (unpaired) electrons. The van der Waals surface area contributed by atoms with Crippen LogP contribution in [-0.2, 0) is 6.18 Å². The zero-order valence-corrected chi connectivity index (χ0v) is 17.1. The van der Waals surface area contributed by atoms with E-state index in [9.17, 15) is 18.0 Å². The number of thiazole rings is 1. The van der Waals surface area contributed by atoms with Gasteiger partial charge in [-0.05, 0) is 67.9 Å². The van der Waals surface area contributed by atoms with Gasteiger partial charge in [0.25, 0.3) is 5.91 Å². The largest absolute Gasteiger partial charge is 0.433 e. The zero-order valence-electron chi connectivity index (χ0n) is 16.3. The first kappa shape index (κ1) is 19.5. The molecule has 4 nitrogen and oxygen atoms in total. The minimum Gasteiger partial charge on any atom is -0.349 e. The summed E-state index contributed by atoms with van der Waals surface area (Å²) < 4.78 is 39.6. The Balaban J connectivity index is 1.17. The van der Waals surface area contributed by atoms with Gasteiger partial charge in [-0.2, -0.15) is 13.2 Å². The smallest absolute Gasteiger partial charge is 0.349 e. The van der Waals surface area contributed by atoms with Crippen molar-refractivity contribution in [3.63, 3.8) is 0 Å². The number of alkyl halides is 3. The first-order valence-electron chi connectivity index (χ1n) is 9.92. The summed E-state index contributed by atoms with van der Waals surface area (Å²) in [5.41, 5.74) is 1.46. The van der Waals surface area contributed by atoms with Gasteiger partial charge in [0.1, 0.15) is 5.69 Å². The van der Waals surface area contributed by atoms with E-state index in [1.807, 2.05) is 0 Å². The number of aryl methyl sites for hydroxylation is 1. The molecule has 2 aliphatic carbocycles. The topological polar surface area (TPSA) is 54.9 Å². The van der Waals surface area contributed by atoms with E-state index >= 15 is 0 Å². The fourth-order valence-electron chi connectivity index (χ4n) is 4.81. The number of benzene rings is 1. The Labute approximate surface area is 175 Å². The van der Waals surface area contributed by atoms with Crippen molar-refractivity contribution >= 4 is 27.5 Å². The molecule has 2 saturated carbocycles. The van der Waals surface area contributed by atoms with Crippen LogP contribution in [0, 0.1) is 12.3 Å². The molecule has 2 aliphatic rings. The average molecular weight is 431 g/mol. The van der Waals surface area contributed by atoms with Crippen LogP contribution in [0.15, 0.2) is 36.5 Å². The fraction of sp³-hybridized carbons (Fsp3) is 0.409. The number of carbonyl (C=O) groups excluding carboxylic acids is 1. The summed E-state index contributed by atoms with van der Waals surface area (Å²) in [5.74, 6) is -0.00549. The van der Waals surface area contributed by atoms with Crippen molar-refractivity contribution in [1.29, 1.82) is 0 Å². The normalized spacial score (nSPS) is 25.7. The molecular formula is C22H20F3N3OS. The lowest BCUT2D eigenvalue weighted by molar-refractivity contribution is -0.141. The molecule has 2 aromatic heterocycles. The van der Waals surface area contributed by atoms with Crippen molar-refractivity contribution < 1.29 is 18.0 Å². The van der Waals surface area contributed by atoms with Gasteiger partial charge in [0.15, 0.2) is 0 Å². The van der Waals surface area contributed by atoms with Gasteiger partial charge in [0, 0.05) is 23.7 Å². The fourth-order valence-corrected chi connectivity index (χ4v) is 5.85. The third-order valence-corrected chi connectivity index (χ3v) is 7.47. The van der Waals surface area contributed by atoms with Gasteiger partial charge < -0.3 is 5.32 Å². The van der Waals surface area contributed by atoms with E-state index in [1.54, 1.807) is 11.3 Å². The molecule has 5 rings (SSSR count). The number of aromatic nitrogens is 2. The maximum Gasteiger partial charge on any atom is 0.433 e. The summed E-state index contributed by atoms with van der Waals surface area (Å²) in [6, 6.07) is 8.47. The van der Waals surface area contributed by atoms with Crippen molar-refractivity contribution in [3.8, 4) is 0 Å². The second-order valence-corrected chi connectivity index (χ2v) is 9.70. The number of amides is 1. The van der Waals surface area contributed by atoms with E-state index in [0.29, 0.717) is 5.92 Å². The van der Waals surface area contributed by atoms with Gasteiger partial charge in [-0.1, -0.05) is 6.07 Å². The van der Waals surface area contributed by atoms with E-state index in [1.165, 1.54) is 21.3 Å². The van der Waals surface area contributed by atoms with Crippen LogP contribution in [-0.4, -0.2) is 21.9 Å². The highest BCUT2D eigenvalue weighted by Crippen LogP contribution is 2.62. The van der Waals surface area contributed by atoms with E-state index in [-0.39, 0.29) is 17.0 Å². The molecule has 1 spiro atoms. The predicted octanol–water partition coefficient (Wildman–Crippen LogP) is 5.47. The summed E-state index contributed by atoms with van der Waals surface area (Å²) in [4.78, 5) is 20.4. The Hall–Kier alpha value is -2.48. The third-order valence-electron chi connectivity index (χ3n) is 6.27. The molecular weight excluding hydrogens is 411 g/mol. The van der Waals surface area contributed by atoms with Crippen molar-refractivity contribution in [2.24, 2.45) is 5.41 Å². The molecule has 1 aromatic carbocycles. The van der Waals surface area contributed by atoms with Crippen molar-refractivity contribution in [2.45, 2.75) is 50.7 Å². The van der Waals surface area contributed by atoms with Gasteiger partial charge in [0.2, 0.25) is 0 Å². The van der Waals surface area contributed by atoms with Crippen LogP contribution in [0.1, 0.15) is 58.2 Å². The zero-order chi connectivity index (χ0) is 21.1. The van der Waals surface area contributed by atoms with E-state index < -0.39 is 17.8 Å². The van der Waals surface area contributed by atoms with E-state index in [0.717, 1.165) is 43.5 Å². The molecule has 0 saturated heterocycles. The molecule has 0 bridgehead atoms. The Morgan fingerprint density at radius 3 is 2.67 bits per heavy atom. The van der Waals surface area contributed by atoms with Crippen molar-refractivity contribution in [3.05, 3.63) is 58.4 Å². The quantitative estimate of drug-likeness (QED) is 0.598. The van der Waals surface area contributed by atoms with Crippen molar-refractivity contribution in [2.75, 3.05) is 0 Å². The van der Waals surface area contributed by atoms with Gasteiger partial charge in [-0.3, -0.25) is 9.78 Å². The number of hydrogen-bond acceptors (Lipinski definition) is 4. The number of fused-ring (bicyclic) bond motifs is 1. The summed E-state index contributed by atoms with van der Waals surface area (Å²) >= 11 is 1.76. The van der Waals surface area contributed by atoms with Crippen LogP contribution in [0.3, 0.4) is 0 Å². The number of nitrogens with one attached hydrogen (secondary N) is 1. The molecule has 2 heterocycles. The Kier molecular flexibility index (Phi) is 4.39. The predicted molar refractivity (Wildman–Crippen MR) is 108 cm³/mol. The standard InChI is InChI=1S/C22H20F3N3OS/c1-12-2-3-17-16(6-12)28-20(30-17)14-8-21(9-14)10-15(11-21)27-19(29)13-4-5-26-18(7-13)22(23,24)25/h2-7,14-15H,8-11H2,1H3,(H,27,29). The number of nitrogens with zero attached hydrogens (tertiary/aromatic N) is 2. The third kappa shape index (κ3) is 3.47. The molecule has 0 unspecified atom stereocenters. The summed E-state index contributed by atoms with van der Waals surface area (Å²) in [7, 11) is 0.